The molecule has 154 valence electrons. The number of halogens is 1. The molecule has 0 unspecified atom stereocenters. The van der Waals surface area contributed by atoms with Crippen molar-refractivity contribution in [3.63, 3.8) is 0 Å². The Labute approximate surface area is 183 Å². The van der Waals surface area contributed by atoms with Gasteiger partial charge < -0.3 is 14.2 Å². The molecule has 0 N–H and O–H groups in total. The highest BCUT2D eigenvalue weighted by molar-refractivity contribution is 9.09. The van der Waals surface area contributed by atoms with Gasteiger partial charge in [0, 0.05) is 5.56 Å². The highest BCUT2D eigenvalue weighted by Crippen LogP contribution is 2.32. The van der Waals surface area contributed by atoms with Crippen LogP contribution < -0.4 is 9.47 Å². The zero-order valence-corrected chi connectivity index (χ0v) is 18.2. The van der Waals surface area contributed by atoms with Crippen LogP contribution in [0.1, 0.15) is 31.1 Å². The van der Waals surface area contributed by atoms with Crippen LogP contribution in [0.25, 0.3) is 0 Å². The number of carbonyl (C=O) groups excluding carboxylic acids is 2. The third-order valence-corrected chi connectivity index (χ3v) is 5.56. The first-order chi connectivity index (χ1) is 14.5. The van der Waals surface area contributed by atoms with Crippen molar-refractivity contribution >= 4 is 27.7 Å². The zero-order chi connectivity index (χ0) is 21.5. The van der Waals surface area contributed by atoms with Crippen LogP contribution in [0.5, 0.6) is 11.5 Å². The van der Waals surface area contributed by atoms with Gasteiger partial charge in [-0.3, -0.25) is 4.79 Å². The largest absolute Gasteiger partial charge is 0.493 e. The molecule has 0 aliphatic rings. The molecule has 0 aliphatic heterocycles. The number of Topliss-reactive ketones (excluding diaryl/α,β-unsaturated/α-hetero) is 1. The van der Waals surface area contributed by atoms with Gasteiger partial charge in [0.1, 0.15) is 0 Å². The van der Waals surface area contributed by atoms with Crippen LogP contribution in [-0.2, 0) is 4.74 Å². The second kappa shape index (κ2) is 10.1. The molecule has 2 atom stereocenters. The highest BCUT2D eigenvalue weighted by Gasteiger charge is 2.32. The van der Waals surface area contributed by atoms with Gasteiger partial charge in [-0.1, -0.05) is 76.6 Å². The van der Waals surface area contributed by atoms with Crippen molar-refractivity contribution in [3.8, 4) is 11.5 Å². The predicted molar refractivity (Wildman–Crippen MR) is 118 cm³/mol. The number of carbonyl (C=O) groups is 2. The number of ketones is 1. The molecule has 0 bridgehead atoms. The van der Waals surface area contributed by atoms with Crippen molar-refractivity contribution in [3.05, 3.63) is 95.6 Å². The van der Waals surface area contributed by atoms with Crippen LogP contribution in [-0.4, -0.2) is 32.1 Å². The minimum absolute atomic E-state index is 0.256. The Hall–Kier alpha value is -3.12. The summed E-state index contributed by atoms with van der Waals surface area (Å²) in [5.41, 5.74) is 1.54. The van der Waals surface area contributed by atoms with Crippen LogP contribution in [0.4, 0.5) is 0 Å². The van der Waals surface area contributed by atoms with E-state index in [0.717, 1.165) is 5.56 Å². The Morgan fingerprint density at radius 1 is 0.767 bits per heavy atom. The van der Waals surface area contributed by atoms with Crippen LogP contribution in [0.2, 0.25) is 0 Å². The predicted octanol–water partition coefficient (Wildman–Crippen LogP) is 5.25. The lowest BCUT2D eigenvalue weighted by molar-refractivity contribution is 0.0282. The maximum atomic E-state index is 13.2. The Bertz CT molecular complexity index is 1000. The van der Waals surface area contributed by atoms with Crippen molar-refractivity contribution < 1.29 is 23.8 Å². The Morgan fingerprint density at radius 2 is 1.37 bits per heavy atom. The highest BCUT2D eigenvalue weighted by atomic mass is 79.9. The van der Waals surface area contributed by atoms with E-state index in [2.05, 4.69) is 15.9 Å². The summed E-state index contributed by atoms with van der Waals surface area (Å²) < 4.78 is 16.2. The summed E-state index contributed by atoms with van der Waals surface area (Å²) in [4.78, 5) is 25.6. The lowest BCUT2D eigenvalue weighted by Crippen LogP contribution is -2.31. The monoisotopic (exact) mass is 468 g/mol. The Morgan fingerprint density at radius 3 is 1.97 bits per heavy atom. The summed E-state index contributed by atoms with van der Waals surface area (Å²) in [5, 5.41) is 0. The van der Waals surface area contributed by atoms with Crippen molar-refractivity contribution in [2.45, 2.75) is 10.9 Å². The minimum atomic E-state index is -1.06. The summed E-state index contributed by atoms with van der Waals surface area (Å²) >= 11 is 3.56. The van der Waals surface area contributed by atoms with Crippen molar-refractivity contribution in [2.75, 3.05) is 14.2 Å². The molecule has 0 heterocycles. The lowest BCUT2D eigenvalue weighted by atomic mass is 9.99. The Kier molecular flexibility index (Phi) is 7.25. The first-order valence-corrected chi connectivity index (χ1v) is 10.2. The van der Waals surface area contributed by atoms with Crippen molar-refractivity contribution in [2.24, 2.45) is 0 Å². The molecule has 0 saturated heterocycles. The van der Waals surface area contributed by atoms with Crippen LogP contribution in [0.15, 0.2) is 78.9 Å². The summed E-state index contributed by atoms with van der Waals surface area (Å²) in [6.45, 7) is 0. The molecular weight excluding hydrogens is 448 g/mol. The second-order valence-electron chi connectivity index (χ2n) is 6.44. The van der Waals surface area contributed by atoms with Gasteiger partial charge >= 0.3 is 5.97 Å². The molecule has 5 nitrogen and oxygen atoms in total. The molecular formula is C24H21BrO5. The quantitative estimate of drug-likeness (QED) is 0.256. The fourth-order valence-corrected chi connectivity index (χ4v) is 3.62. The number of hydrogen-bond donors (Lipinski definition) is 0. The second-order valence-corrected chi connectivity index (χ2v) is 7.42. The summed E-state index contributed by atoms with van der Waals surface area (Å²) in [7, 11) is 3.00. The number of ether oxygens (including phenoxy) is 3. The van der Waals surface area contributed by atoms with Gasteiger partial charge in [0.2, 0.25) is 5.78 Å². The molecule has 0 spiro atoms. The van der Waals surface area contributed by atoms with E-state index in [-0.39, 0.29) is 11.3 Å². The van der Waals surface area contributed by atoms with E-state index in [0.29, 0.717) is 17.1 Å². The molecule has 0 amide bonds. The maximum Gasteiger partial charge on any atom is 0.339 e. The lowest BCUT2D eigenvalue weighted by Gasteiger charge is -2.22. The van der Waals surface area contributed by atoms with Gasteiger partial charge in [-0.05, 0) is 23.8 Å². The van der Waals surface area contributed by atoms with Crippen LogP contribution in [0, 0.1) is 0 Å². The minimum Gasteiger partial charge on any atom is -0.493 e. The first-order valence-electron chi connectivity index (χ1n) is 9.26. The van der Waals surface area contributed by atoms with Crippen molar-refractivity contribution in [1.29, 1.82) is 0 Å². The number of methoxy groups -OCH3 is 2. The van der Waals surface area contributed by atoms with Gasteiger partial charge in [-0.15, -0.1) is 0 Å². The summed E-state index contributed by atoms with van der Waals surface area (Å²) in [5.74, 6) is -0.0364. The average Bonchev–Trinajstić information content (AvgIpc) is 2.82. The Balaban J connectivity index is 1.92. The van der Waals surface area contributed by atoms with Crippen LogP contribution >= 0.6 is 15.9 Å². The van der Waals surface area contributed by atoms with E-state index in [1.165, 1.54) is 20.3 Å². The van der Waals surface area contributed by atoms with Gasteiger partial charge in [-0.25, -0.2) is 4.79 Å². The molecule has 0 aliphatic carbocycles. The fraction of sp³-hybridized carbons (Fsp3) is 0.167. The number of esters is 1. The topological polar surface area (TPSA) is 61.8 Å². The number of benzene rings is 3. The van der Waals surface area contributed by atoms with Crippen molar-refractivity contribution in [1.82, 2.24) is 0 Å². The SMILES string of the molecule is COc1ccc(C(=O)O[C@@H](C(=O)c2ccccc2)[C@H](Br)c2ccccc2)cc1OC. The molecule has 3 aromatic rings. The standard InChI is InChI=1S/C24H21BrO5/c1-28-19-14-13-18(15-20(19)29-2)24(27)30-23(21(25)16-9-5-3-6-10-16)22(26)17-11-7-4-8-12-17/h3-15,21,23H,1-2H3/t21-,23-/m1/s1. The van der Waals surface area contributed by atoms with Gasteiger partial charge in [-0.2, -0.15) is 0 Å². The van der Waals surface area contributed by atoms with Gasteiger partial charge in [0.15, 0.2) is 17.6 Å². The van der Waals surface area contributed by atoms with E-state index in [1.807, 2.05) is 36.4 Å². The molecule has 0 aromatic heterocycles. The number of alkyl halides is 1. The normalized spacial score (nSPS) is 12.5. The zero-order valence-electron chi connectivity index (χ0n) is 16.6. The molecule has 30 heavy (non-hydrogen) atoms. The van der Waals surface area contributed by atoms with Gasteiger partial charge in [0.25, 0.3) is 0 Å². The third-order valence-electron chi connectivity index (χ3n) is 4.55. The van der Waals surface area contributed by atoms with Crippen LogP contribution in [0.3, 0.4) is 0 Å². The first kappa shape index (κ1) is 21.6. The molecule has 6 heteroatoms. The maximum absolute atomic E-state index is 13.2. The molecule has 3 rings (SSSR count). The number of hydrogen-bond acceptors (Lipinski definition) is 5. The fourth-order valence-electron chi connectivity index (χ4n) is 2.97. The van der Waals surface area contributed by atoms with E-state index >= 15 is 0 Å². The smallest absolute Gasteiger partial charge is 0.339 e. The van der Waals surface area contributed by atoms with E-state index < -0.39 is 16.9 Å². The number of rotatable bonds is 8. The summed E-state index contributed by atoms with van der Waals surface area (Å²) in [6.07, 6.45) is -1.06. The van der Waals surface area contributed by atoms with E-state index in [1.54, 1.807) is 36.4 Å². The van der Waals surface area contributed by atoms with E-state index in [9.17, 15) is 9.59 Å². The summed E-state index contributed by atoms with van der Waals surface area (Å²) in [6, 6.07) is 22.8. The molecule has 0 radical (unpaired) electrons. The van der Waals surface area contributed by atoms with Gasteiger partial charge in [0.05, 0.1) is 24.6 Å². The molecule has 0 saturated carbocycles. The molecule has 0 fully saturated rings. The molecule has 3 aromatic carbocycles. The van der Waals surface area contributed by atoms with E-state index in [4.69, 9.17) is 14.2 Å². The third kappa shape index (κ3) is 4.89. The average molecular weight is 469 g/mol.